The number of halogens is 1. The van der Waals surface area contributed by atoms with E-state index < -0.39 is 0 Å². The lowest BCUT2D eigenvalue weighted by Crippen LogP contribution is -1.95. The second kappa shape index (κ2) is 23.4. The summed E-state index contributed by atoms with van der Waals surface area (Å²) in [6, 6.07) is 6.89. The van der Waals surface area contributed by atoms with Crippen molar-refractivity contribution in [2.45, 2.75) is 100 Å². The van der Waals surface area contributed by atoms with Gasteiger partial charge in [0.2, 0.25) is 0 Å². The van der Waals surface area contributed by atoms with Gasteiger partial charge >= 0.3 is 0 Å². The zero-order valence-corrected chi connectivity index (χ0v) is 17.2. The molecule has 0 nitrogen and oxygen atoms in total. The van der Waals surface area contributed by atoms with Gasteiger partial charge in [-0.05, 0) is 36.5 Å². The first-order valence-corrected chi connectivity index (χ1v) is 9.79. The summed E-state index contributed by atoms with van der Waals surface area (Å²) in [4.78, 5) is 0. The summed E-state index contributed by atoms with van der Waals surface area (Å²) in [5.41, 5.74) is 1.11. The Morgan fingerprint density at radius 1 is 0.870 bits per heavy atom. The van der Waals surface area contributed by atoms with Crippen LogP contribution in [0, 0.1) is 11.7 Å². The Balaban J connectivity index is -0.000000333. The standard InChI is InChI=1S/C12H17F.2C4H10.C2H6/c1-3-10(2)7-8-11-5-4-6-12(13)9-11;2*1-3-4-2;1-2/h4-6,9-10H,3,7-8H2,1-2H3;2*3-4H2,1-2H3;1-2H3. The van der Waals surface area contributed by atoms with Crippen LogP contribution in [0.4, 0.5) is 4.39 Å². The normalized spacial score (nSPS) is 10.1. The van der Waals surface area contributed by atoms with Crippen molar-refractivity contribution in [1.82, 2.24) is 0 Å². The van der Waals surface area contributed by atoms with E-state index >= 15 is 0 Å². The van der Waals surface area contributed by atoms with Crippen LogP contribution < -0.4 is 0 Å². The zero-order chi connectivity index (χ0) is 18.5. The van der Waals surface area contributed by atoms with Crippen molar-refractivity contribution in [3.63, 3.8) is 0 Å². The number of hydrogen-bond acceptors (Lipinski definition) is 0. The fraction of sp³-hybridized carbons (Fsp3) is 0.727. The molecule has 0 aromatic heterocycles. The van der Waals surface area contributed by atoms with Gasteiger partial charge in [0, 0.05) is 0 Å². The molecule has 0 saturated carbocycles. The quantitative estimate of drug-likeness (QED) is 0.492. The number of hydrogen-bond donors (Lipinski definition) is 0. The number of benzene rings is 1. The van der Waals surface area contributed by atoms with Gasteiger partial charge in [0.15, 0.2) is 0 Å². The van der Waals surface area contributed by atoms with E-state index in [0.29, 0.717) is 0 Å². The van der Waals surface area contributed by atoms with Gasteiger partial charge in [-0.1, -0.05) is 99.6 Å². The maximum absolute atomic E-state index is 12.8. The van der Waals surface area contributed by atoms with Crippen molar-refractivity contribution in [3.05, 3.63) is 35.6 Å². The molecule has 1 rings (SSSR count). The minimum Gasteiger partial charge on any atom is -0.207 e. The molecule has 0 amide bonds. The van der Waals surface area contributed by atoms with Crippen LogP contribution in [0.2, 0.25) is 0 Å². The maximum atomic E-state index is 12.8. The fourth-order valence-corrected chi connectivity index (χ4v) is 1.31. The lowest BCUT2D eigenvalue weighted by molar-refractivity contribution is 0.515. The van der Waals surface area contributed by atoms with Gasteiger partial charge in [-0.25, -0.2) is 4.39 Å². The van der Waals surface area contributed by atoms with Gasteiger partial charge in [-0.2, -0.15) is 0 Å². The first kappa shape index (κ1) is 27.0. The molecule has 0 heterocycles. The summed E-state index contributed by atoms with van der Waals surface area (Å²) in [6.07, 6.45) is 8.63. The largest absolute Gasteiger partial charge is 0.207 e. The molecule has 1 unspecified atom stereocenters. The summed E-state index contributed by atoms with van der Waals surface area (Å²) >= 11 is 0. The summed E-state index contributed by atoms with van der Waals surface area (Å²) in [5, 5.41) is 0. The molecule has 0 aliphatic heterocycles. The van der Waals surface area contributed by atoms with Crippen LogP contribution in [0.5, 0.6) is 0 Å². The molecule has 1 aromatic rings. The summed E-state index contributed by atoms with van der Waals surface area (Å²) in [5.74, 6) is 0.616. The first-order chi connectivity index (χ1) is 11.0. The second-order valence-corrected chi connectivity index (χ2v) is 5.68. The molecule has 0 radical (unpaired) electrons. The van der Waals surface area contributed by atoms with Crippen LogP contribution in [0.1, 0.15) is 99.5 Å². The van der Waals surface area contributed by atoms with E-state index in [1.807, 2.05) is 19.9 Å². The van der Waals surface area contributed by atoms with Crippen molar-refractivity contribution >= 4 is 0 Å². The van der Waals surface area contributed by atoms with Crippen LogP contribution in [-0.2, 0) is 6.42 Å². The summed E-state index contributed by atoms with van der Waals surface area (Å²) in [7, 11) is 0. The Morgan fingerprint density at radius 2 is 1.35 bits per heavy atom. The van der Waals surface area contributed by atoms with Gasteiger partial charge in [0.05, 0.1) is 0 Å². The molecule has 0 bridgehead atoms. The fourth-order valence-electron chi connectivity index (χ4n) is 1.31. The lowest BCUT2D eigenvalue weighted by atomic mass is 9.99. The van der Waals surface area contributed by atoms with Crippen LogP contribution in [0.3, 0.4) is 0 Å². The minimum atomic E-state index is -0.123. The van der Waals surface area contributed by atoms with E-state index in [0.717, 1.165) is 24.3 Å². The molecular weight excluding hydrogens is 283 g/mol. The average molecular weight is 327 g/mol. The Bertz CT molecular complexity index is 299. The van der Waals surface area contributed by atoms with Gasteiger partial charge in [0.25, 0.3) is 0 Å². The predicted octanol–water partition coefficient (Wildman–Crippen LogP) is 8.44. The zero-order valence-electron chi connectivity index (χ0n) is 17.2. The highest BCUT2D eigenvalue weighted by molar-refractivity contribution is 5.16. The smallest absolute Gasteiger partial charge is 0.123 e. The van der Waals surface area contributed by atoms with Crippen molar-refractivity contribution in [3.8, 4) is 0 Å². The Kier molecular flexibility index (Phi) is 27.5. The van der Waals surface area contributed by atoms with Gasteiger partial charge in [0.1, 0.15) is 5.82 Å². The van der Waals surface area contributed by atoms with Crippen molar-refractivity contribution in [2.75, 3.05) is 0 Å². The first-order valence-electron chi connectivity index (χ1n) is 9.79. The number of rotatable bonds is 6. The van der Waals surface area contributed by atoms with Gasteiger partial charge in [-0.3, -0.25) is 0 Å². The molecular formula is C22H43F. The van der Waals surface area contributed by atoms with Crippen molar-refractivity contribution in [2.24, 2.45) is 5.92 Å². The number of unbranched alkanes of at least 4 members (excludes halogenated alkanes) is 2. The molecule has 0 saturated heterocycles. The molecule has 0 aliphatic rings. The van der Waals surface area contributed by atoms with Gasteiger partial charge < -0.3 is 0 Å². The molecule has 1 aromatic carbocycles. The Hall–Kier alpha value is -0.850. The Morgan fingerprint density at radius 3 is 1.70 bits per heavy atom. The summed E-state index contributed by atoms with van der Waals surface area (Å²) in [6.45, 7) is 17.1. The van der Waals surface area contributed by atoms with Crippen LogP contribution in [0.15, 0.2) is 24.3 Å². The highest BCUT2D eigenvalue weighted by Gasteiger charge is 2.00. The third kappa shape index (κ3) is 23.5. The molecule has 0 aliphatic carbocycles. The minimum absolute atomic E-state index is 0.123. The third-order valence-corrected chi connectivity index (χ3v) is 3.51. The molecule has 23 heavy (non-hydrogen) atoms. The molecule has 0 spiro atoms. The van der Waals surface area contributed by atoms with Crippen molar-refractivity contribution in [1.29, 1.82) is 0 Å². The van der Waals surface area contributed by atoms with E-state index in [4.69, 9.17) is 0 Å². The second-order valence-electron chi connectivity index (χ2n) is 5.68. The monoisotopic (exact) mass is 326 g/mol. The molecule has 1 atom stereocenters. The van der Waals surface area contributed by atoms with E-state index in [9.17, 15) is 4.39 Å². The maximum Gasteiger partial charge on any atom is 0.123 e. The highest BCUT2D eigenvalue weighted by Crippen LogP contribution is 2.12. The topological polar surface area (TPSA) is 0 Å². The van der Waals surface area contributed by atoms with E-state index in [1.54, 1.807) is 12.1 Å². The summed E-state index contributed by atoms with van der Waals surface area (Å²) < 4.78 is 12.8. The number of aryl methyl sites for hydroxylation is 1. The Labute approximate surface area is 146 Å². The van der Waals surface area contributed by atoms with E-state index in [-0.39, 0.29) is 5.82 Å². The van der Waals surface area contributed by atoms with Gasteiger partial charge in [-0.15, -0.1) is 0 Å². The molecule has 0 fully saturated rings. The van der Waals surface area contributed by atoms with E-state index in [1.165, 1.54) is 38.2 Å². The van der Waals surface area contributed by atoms with Crippen molar-refractivity contribution < 1.29 is 4.39 Å². The molecule has 1 heteroatoms. The predicted molar refractivity (Wildman–Crippen MR) is 107 cm³/mol. The van der Waals surface area contributed by atoms with E-state index in [2.05, 4.69) is 41.5 Å². The van der Waals surface area contributed by atoms with Crippen LogP contribution >= 0.6 is 0 Å². The third-order valence-electron chi connectivity index (χ3n) is 3.51. The van der Waals surface area contributed by atoms with Crippen LogP contribution in [-0.4, -0.2) is 0 Å². The SMILES string of the molecule is CC.CCC(C)CCc1cccc(F)c1.CCCC.CCCC. The molecule has 138 valence electrons. The highest BCUT2D eigenvalue weighted by atomic mass is 19.1. The average Bonchev–Trinajstić information content (AvgIpc) is 2.61. The lowest BCUT2D eigenvalue weighted by Gasteiger charge is -2.07. The van der Waals surface area contributed by atoms with Crippen LogP contribution in [0.25, 0.3) is 0 Å². The molecule has 0 N–H and O–H groups in total.